The van der Waals surface area contributed by atoms with E-state index < -0.39 is 0 Å². The van der Waals surface area contributed by atoms with Crippen LogP contribution in [0.15, 0.2) is 0 Å². The predicted octanol–water partition coefficient (Wildman–Crippen LogP) is 2.48. The van der Waals surface area contributed by atoms with Crippen molar-refractivity contribution in [3.05, 3.63) is 0 Å². The molecule has 0 aromatic heterocycles. The molecule has 13 heavy (non-hydrogen) atoms. The molecule has 2 unspecified atom stereocenters. The van der Waals surface area contributed by atoms with Crippen LogP contribution in [0.25, 0.3) is 0 Å². The average Bonchev–Trinajstić information content (AvgIpc) is 2.08. The van der Waals surface area contributed by atoms with Crippen molar-refractivity contribution in [1.82, 2.24) is 5.32 Å². The number of hydrogen-bond donors (Lipinski definition) is 1. The maximum absolute atomic E-state index is 11.0. The monoisotopic (exact) mass is 183 g/mol. The number of carbonyl (C=O) groups excluding carboxylic acids is 1. The van der Waals surface area contributed by atoms with Crippen LogP contribution < -0.4 is 5.32 Å². The minimum atomic E-state index is 0.132. The van der Waals surface area contributed by atoms with Crippen LogP contribution in [-0.2, 0) is 4.79 Å². The number of nitrogens with one attached hydrogen (secondary N) is 1. The smallest absolute Gasteiger partial charge is 0.217 e. The van der Waals surface area contributed by atoms with E-state index in [9.17, 15) is 4.79 Å². The van der Waals surface area contributed by atoms with Crippen LogP contribution in [0, 0.1) is 5.92 Å². The third-order valence-corrected chi connectivity index (χ3v) is 2.96. The molecule has 1 aliphatic carbocycles. The molecule has 1 fully saturated rings. The van der Waals surface area contributed by atoms with Gasteiger partial charge < -0.3 is 5.32 Å². The van der Waals surface area contributed by atoms with Gasteiger partial charge in [0.15, 0.2) is 0 Å². The van der Waals surface area contributed by atoms with E-state index in [2.05, 4.69) is 12.2 Å². The van der Waals surface area contributed by atoms with Gasteiger partial charge in [-0.15, -0.1) is 0 Å². The highest BCUT2D eigenvalue weighted by Gasteiger charge is 2.24. The quantitative estimate of drug-likeness (QED) is 0.715. The molecule has 1 aliphatic rings. The van der Waals surface area contributed by atoms with E-state index in [1.165, 1.54) is 38.5 Å². The zero-order valence-corrected chi connectivity index (χ0v) is 8.81. The summed E-state index contributed by atoms with van der Waals surface area (Å²) >= 11 is 0. The fourth-order valence-corrected chi connectivity index (χ4v) is 2.38. The molecule has 0 bridgehead atoms. The van der Waals surface area contributed by atoms with E-state index >= 15 is 0 Å². The molecule has 2 nitrogen and oxygen atoms in total. The third kappa shape index (κ3) is 3.37. The first-order chi connectivity index (χ1) is 6.24. The lowest BCUT2D eigenvalue weighted by molar-refractivity contribution is -0.120. The van der Waals surface area contributed by atoms with Crippen molar-refractivity contribution in [2.45, 2.75) is 58.4 Å². The molecule has 1 amide bonds. The Kier molecular flexibility index (Phi) is 4.26. The van der Waals surface area contributed by atoms with Crippen LogP contribution in [0.1, 0.15) is 52.4 Å². The summed E-state index contributed by atoms with van der Waals surface area (Å²) in [4.78, 5) is 11.0. The van der Waals surface area contributed by atoms with E-state index in [0.717, 1.165) is 5.92 Å². The first-order valence-corrected chi connectivity index (χ1v) is 5.51. The molecule has 0 heterocycles. The van der Waals surface area contributed by atoms with E-state index in [1.54, 1.807) is 6.92 Å². The van der Waals surface area contributed by atoms with Gasteiger partial charge >= 0.3 is 0 Å². The summed E-state index contributed by atoms with van der Waals surface area (Å²) in [5, 5.41) is 3.08. The Hall–Kier alpha value is -0.530. The van der Waals surface area contributed by atoms with Gasteiger partial charge in [0.2, 0.25) is 5.91 Å². The van der Waals surface area contributed by atoms with E-state index in [0.29, 0.717) is 6.04 Å². The summed E-state index contributed by atoms with van der Waals surface area (Å²) in [5.74, 6) is 0.871. The fourth-order valence-electron chi connectivity index (χ4n) is 2.38. The Morgan fingerprint density at radius 2 is 2.08 bits per heavy atom. The molecule has 0 saturated heterocycles. The van der Waals surface area contributed by atoms with Gasteiger partial charge in [0, 0.05) is 13.0 Å². The minimum Gasteiger partial charge on any atom is -0.353 e. The van der Waals surface area contributed by atoms with Crippen molar-refractivity contribution in [3.63, 3.8) is 0 Å². The minimum absolute atomic E-state index is 0.132. The summed E-state index contributed by atoms with van der Waals surface area (Å²) in [5.41, 5.74) is 0. The SMILES string of the molecule is CCCC1CCCCC1NC(C)=O. The first-order valence-electron chi connectivity index (χ1n) is 5.51. The molecule has 0 aliphatic heterocycles. The molecule has 2 heteroatoms. The van der Waals surface area contributed by atoms with Crippen LogP contribution in [0.2, 0.25) is 0 Å². The van der Waals surface area contributed by atoms with E-state index in [1.807, 2.05) is 0 Å². The average molecular weight is 183 g/mol. The second-order valence-electron chi connectivity index (χ2n) is 4.14. The van der Waals surface area contributed by atoms with Crippen molar-refractivity contribution < 1.29 is 4.79 Å². The molecule has 0 radical (unpaired) electrons. The molecule has 76 valence electrons. The Labute approximate surface area is 81.1 Å². The molecule has 0 spiro atoms. The van der Waals surface area contributed by atoms with Gasteiger partial charge in [0.1, 0.15) is 0 Å². The van der Waals surface area contributed by atoms with Crippen molar-refractivity contribution in [2.24, 2.45) is 5.92 Å². The van der Waals surface area contributed by atoms with Crippen LogP contribution in [0.3, 0.4) is 0 Å². The Morgan fingerprint density at radius 1 is 1.38 bits per heavy atom. The lowest BCUT2D eigenvalue weighted by Gasteiger charge is -2.31. The first kappa shape index (κ1) is 10.6. The van der Waals surface area contributed by atoms with Crippen molar-refractivity contribution in [2.75, 3.05) is 0 Å². The molecular weight excluding hydrogens is 162 g/mol. The number of carbonyl (C=O) groups is 1. The van der Waals surface area contributed by atoms with Crippen LogP contribution in [-0.4, -0.2) is 11.9 Å². The van der Waals surface area contributed by atoms with Crippen LogP contribution >= 0.6 is 0 Å². The zero-order chi connectivity index (χ0) is 9.68. The Balaban J connectivity index is 2.41. The highest BCUT2D eigenvalue weighted by atomic mass is 16.1. The maximum Gasteiger partial charge on any atom is 0.217 e. The van der Waals surface area contributed by atoms with Gasteiger partial charge in [-0.2, -0.15) is 0 Å². The second kappa shape index (κ2) is 5.25. The predicted molar refractivity (Wildman–Crippen MR) is 54.5 cm³/mol. The van der Waals surface area contributed by atoms with Gasteiger partial charge in [-0.3, -0.25) is 4.79 Å². The summed E-state index contributed by atoms with van der Waals surface area (Å²) in [6.07, 6.45) is 7.63. The zero-order valence-electron chi connectivity index (χ0n) is 8.81. The molecule has 0 aromatic rings. The largest absolute Gasteiger partial charge is 0.353 e. The van der Waals surface area contributed by atoms with Crippen molar-refractivity contribution in [3.8, 4) is 0 Å². The molecule has 1 N–H and O–H groups in total. The van der Waals surface area contributed by atoms with Gasteiger partial charge in [0.25, 0.3) is 0 Å². The Morgan fingerprint density at radius 3 is 2.69 bits per heavy atom. The highest BCUT2D eigenvalue weighted by molar-refractivity contribution is 5.73. The molecular formula is C11H21NO. The third-order valence-electron chi connectivity index (χ3n) is 2.96. The van der Waals surface area contributed by atoms with E-state index in [-0.39, 0.29) is 5.91 Å². The molecule has 1 rings (SSSR count). The molecule has 1 saturated carbocycles. The van der Waals surface area contributed by atoms with Crippen LogP contribution in [0.4, 0.5) is 0 Å². The number of hydrogen-bond acceptors (Lipinski definition) is 1. The highest BCUT2D eigenvalue weighted by Crippen LogP contribution is 2.27. The standard InChI is InChI=1S/C11H21NO/c1-3-6-10-7-4-5-8-11(10)12-9(2)13/h10-11H,3-8H2,1-2H3,(H,12,13). The summed E-state index contributed by atoms with van der Waals surface area (Å²) in [6.45, 7) is 3.84. The number of rotatable bonds is 3. The van der Waals surface area contributed by atoms with Crippen molar-refractivity contribution in [1.29, 1.82) is 0 Å². The lowest BCUT2D eigenvalue weighted by Crippen LogP contribution is -2.40. The van der Waals surface area contributed by atoms with Crippen LogP contribution in [0.5, 0.6) is 0 Å². The summed E-state index contributed by atoms with van der Waals surface area (Å²) < 4.78 is 0. The summed E-state index contributed by atoms with van der Waals surface area (Å²) in [7, 11) is 0. The van der Waals surface area contributed by atoms with Crippen molar-refractivity contribution >= 4 is 5.91 Å². The van der Waals surface area contributed by atoms with Gasteiger partial charge in [0.05, 0.1) is 0 Å². The second-order valence-corrected chi connectivity index (χ2v) is 4.14. The topological polar surface area (TPSA) is 29.1 Å². The normalized spacial score (nSPS) is 28.5. The van der Waals surface area contributed by atoms with E-state index in [4.69, 9.17) is 0 Å². The maximum atomic E-state index is 11.0. The van der Waals surface area contributed by atoms with Gasteiger partial charge in [-0.1, -0.05) is 26.2 Å². The molecule has 2 atom stereocenters. The van der Waals surface area contributed by atoms with Gasteiger partial charge in [-0.25, -0.2) is 0 Å². The number of amides is 1. The summed E-state index contributed by atoms with van der Waals surface area (Å²) in [6, 6.07) is 0.464. The fraction of sp³-hybridized carbons (Fsp3) is 0.909. The van der Waals surface area contributed by atoms with Gasteiger partial charge in [-0.05, 0) is 25.2 Å². The molecule has 0 aromatic carbocycles. The Bertz CT molecular complexity index is 165. The lowest BCUT2D eigenvalue weighted by atomic mass is 9.82.